The molecule has 0 bridgehead atoms. The molecular formula is C69H124O6. The molecule has 0 heterocycles. The Morgan fingerprint density at radius 3 is 0.800 bits per heavy atom. The van der Waals surface area contributed by atoms with E-state index in [0.717, 1.165) is 83.5 Å². The van der Waals surface area contributed by atoms with Gasteiger partial charge < -0.3 is 14.2 Å². The van der Waals surface area contributed by atoms with Gasteiger partial charge in [-0.1, -0.05) is 281 Å². The maximum Gasteiger partial charge on any atom is 0.306 e. The van der Waals surface area contributed by atoms with Gasteiger partial charge in [0, 0.05) is 19.3 Å². The number of hydrogen-bond acceptors (Lipinski definition) is 6. The Kier molecular flexibility index (Phi) is 61.2. The summed E-state index contributed by atoms with van der Waals surface area (Å²) >= 11 is 0. The van der Waals surface area contributed by atoms with Crippen LogP contribution in [0.1, 0.15) is 342 Å². The van der Waals surface area contributed by atoms with E-state index in [0.29, 0.717) is 19.3 Å². The van der Waals surface area contributed by atoms with E-state index in [-0.39, 0.29) is 31.1 Å². The summed E-state index contributed by atoms with van der Waals surface area (Å²) in [6.45, 7) is 6.61. The van der Waals surface area contributed by atoms with Gasteiger partial charge in [-0.15, -0.1) is 0 Å². The van der Waals surface area contributed by atoms with Crippen molar-refractivity contribution in [1.82, 2.24) is 0 Å². The highest BCUT2D eigenvalue weighted by molar-refractivity contribution is 5.71. The van der Waals surface area contributed by atoms with Gasteiger partial charge in [-0.25, -0.2) is 0 Å². The van der Waals surface area contributed by atoms with Gasteiger partial charge in [-0.3, -0.25) is 14.4 Å². The molecule has 0 aromatic carbocycles. The lowest BCUT2D eigenvalue weighted by Gasteiger charge is -2.18. The highest BCUT2D eigenvalue weighted by Crippen LogP contribution is 2.17. The number of unbranched alkanes of at least 4 members (excludes halogenated alkanes) is 39. The standard InChI is InChI=1S/C69H124O6/c1-4-7-10-13-16-19-22-24-26-27-28-29-30-31-32-33-34-35-36-37-38-39-40-41-43-44-47-50-53-56-59-62-68(71)74-65-66(64-73-67(70)61-58-55-52-49-46-21-18-15-12-9-6-3)75-69(72)63-60-57-54-51-48-45-42-25-23-20-17-14-11-8-5-2/h15,18,22,24-25,27-28,30-31,42,66H,4-14,16-17,19-21,23,26,29,32-41,43-65H2,1-3H3/b18-15-,24-22-,28-27-,31-30-,42-25-. The minimum Gasteiger partial charge on any atom is -0.462 e. The Bertz CT molecular complexity index is 1340. The summed E-state index contributed by atoms with van der Waals surface area (Å²) in [5.41, 5.74) is 0. The number of hydrogen-bond donors (Lipinski definition) is 0. The number of allylic oxidation sites excluding steroid dienone is 10. The number of carbonyl (C=O) groups excluding carboxylic acids is 3. The molecule has 1 atom stereocenters. The number of ether oxygens (including phenoxy) is 3. The second-order valence-corrected chi connectivity index (χ2v) is 22.0. The lowest BCUT2D eigenvalue weighted by Crippen LogP contribution is -2.30. The van der Waals surface area contributed by atoms with Crippen LogP contribution < -0.4 is 0 Å². The van der Waals surface area contributed by atoms with E-state index in [4.69, 9.17) is 14.2 Å². The zero-order chi connectivity index (χ0) is 54.3. The molecule has 0 aromatic rings. The number of carbonyl (C=O) groups is 3. The third-order valence-corrected chi connectivity index (χ3v) is 14.5. The zero-order valence-corrected chi connectivity index (χ0v) is 50.1. The molecule has 0 aromatic heterocycles. The molecule has 75 heavy (non-hydrogen) atoms. The van der Waals surface area contributed by atoms with Crippen molar-refractivity contribution in [2.24, 2.45) is 0 Å². The molecule has 0 aliphatic carbocycles. The summed E-state index contributed by atoms with van der Waals surface area (Å²) in [5.74, 6) is -0.881. The van der Waals surface area contributed by atoms with Crippen molar-refractivity contribution in [2.45, 2.75) is 348 Å². The molecule has 0 aliphatic heterocycles. The first kappa shape index (κ1) is 72.1. The maximum absolute atomic E-state index is 12.9. The van der Waals surface area contributed by atoms with Gasteiger partial charge in [0.1, 0.15) is 13.2 Å². The normalized spacial score (nSPS) is 12.4. The minimum atomic E-state index is -0.780. The molecule has 0 saturated heterocycles. The van der Waals surface area contributed by atoms with Crippen molar-refractivity contribution in [3.8, 4) is 0 Å². The van der Waals surface area contributed by atoms with Crippen LogP contribution in [-0.2, 0) is 28.6 Å². The predicted octanol–water partition coefficient (Wildman–Crippen LogP) is 22.3. The first-order chi connectivity index (χ1) is 37.0. The van der Waals surface area contributed by atoms with E-state index in [9.17, 15) is 14.4 Å². The SMILES string of the molecule is CCCC/C=C\CCCCCCCC(=O)OCC(COC(=O)CCCCCCCCCCCCCCCCCC/C=C\C/C=C\C/C=C\CCCCCCC)OC(=O)CCCCCCC/C=C\CCCCCCCC. The summed E-state index contributed by atoms with van der Waals surface area (Å²) in [6, 6.07) is 0. The molecule has 6 heteroatoms. The van der Waals surface area contributed by atoms with Crippen LogP contribution in [0.25, 0.3) is 0 Å². The maximum atomic E-state index is 12.9. The lowest BCUT2D eigenvalue weighted by molar-refractivity contribution is -0.167. The quantitative estimate of drug-likeness (QED) is 0.0261. The van der Waals surface area contributed by atoms with Crippen LogP contribution in [0.3, 0.4) is 0 Å². The smallest absolute Gasteiger partial charge is 0.306 e. The minimum absolute atomic E-state index is 0.0774. The topological polar surface area (TPSA) is 78.9 Å². The fourth-order valence-electron chi connectivity index (χ4n) is 9.49. The van der Waals surface area contributed by atoms with E-state index < -0.39 is 6.10 Å². The van der Waals surface area contributed by atoms with Gasteiger partial charge in [0.15, 0.2) is 6.10 Å². The van der Waals surface area contributed by atoms with Crippen LogP contribution in [0.4, 0.5) is 0 Å². The Morgan fingerprint density at radius 2 is 0.493 bits per heavy atom. The molecular weight excluding hydrogens is 925 g/mol. The van der Waals surface area contributed by atoms with Crippen LogP contribution in [0.15, 0.2) is 60.8 Å². The summed E-state index contributed by atoms with van der Waals surface area (Å²) in [7, 11) is 0. The molecule has 0 spiro atoms. The largest absolute Gasteiger partial charge is 0.462 e. The van der Waals surface area contributed by atoms with Gasteiger partial charge in [0.2, 0.25) is 0 Å². The van der Waals surface area contributed by atoms with Crippen LogP contribution in [0.2, 0.25) is 0 Å². The molecule has 0 rings (SSSR count). The van der Waals surface area contributed by atoms with Crippen LogP contribution >= 0.6 is 0 Å². The molecule has 0 fully saturated rings. The fourth-order valence-corrected chi connectivity index (χ4v) is 9.49. The average molecular weight is 1050 g/mol. The fraction of sp³-hybridized carbons (Fsp3) is 0.812. The summed E-state index contributed by atoms with van der Waals surface area (Å²) in [4.78, 5) is 38.2. The average Bonchev–Trinajstić information content (AvgIpc) is 3.41. The molecule has 0 radical (unpaired) electrons. The van der Waals surface area contributed by atoms with Crippen LogP contribution in [0, 0.1) is 0 Å². The van der Waals surface area contributed by atoms with E-state index in [1.807, 2.05) is 0 Å². The molecule has 1 unspecified atom stereocenters. The van der Waals surface area contributed by atoms with E-state index in [2.05, 4.69) is 81.5 Å². The van der Waals surface area contributed by atoms with E-state index >= 15 is 0 Å². The molecule has 0 saturated carbocycles. The van der Waals surface area contributed by atoms with Crippen molar-refractivity contribution < 1.29 is 28.6 Å². The van der Waals surface area contributed by atoms with Crippen molar-refractivity contribution in [1.29, 1.82) is 0 Å². The van der Waals surface area contributed by atoms with E-state index in [1.165, 1.54) is 218 Å². The lowest BCUT2D eigenvalue weighted by atomic mass is 10.0. The van der Waals surface area contributed by atoms with Crippen molar-refractivity contribution in [3.05, 3.63) is 60.8 Å². The molecule has 436 valence electrons. The second kappa shape index (κ2) is 63.6. The van der Waals surface area contributed by atoms with E-state index in [1.54, 1.807) is 0 Å². The van der Waals surface area contributed by atoms with Gasteiger partial charge >= 0.3 is 17.9 Å². The molecule has 0 amide bonds. The van der Waals surface area contributed by atoms with Gasteiger partial charge in [0.05, 0.1) is 0 Å². The predicted molar refractivity (Wildman–Crippen MR) is 325 cm³/mol. The number of esters is 3. The van der Waals surface area contributed by atoms with Crippen molar-refractivity contribution in [3.63, 3.8) is 0 Å². The monoisotopic (exact) mass is 1050 g/mol. The Morgan fingerprint density at radius 1 is 0.267 bits per heavy atom. The van der Waals surface area contributed by atoms with Gasteiger partial charge in [-0.2, -0.15) is 0 Å². The highest BCUT2D eigenvalue weighted by atomic mass is 16.6. The molecule has 0 aliphatic rings. The first-order valence-corrected chi connectivity index (χ1v) is 32.8. The Labute approximate surface area is 466 Å². The van der Waals surface area contributed by atoms with Crippen molar-refractivity contribution in [2.75, 3.05) is 13.2 Å². The highest BCUT2D eigenvalue weighted by Gasteiger charge is 2.19. The second-order valence-electron chi connectivity index (χ2n) is 22.0. The Hall–Kier alpha value is -2.89. The Balaban J connectivity index is 4.13. The van der Waals surface area contributed by atoms with Crippen LogP contribution in [0.5, 0.6) is 0 Å². The molecule has 6 nitrogen and oxygen atoms in total. The van der Waals surface area contributed by atoms with Gasteiger partial charge in [-0.05, 0) is 103 Å². The summed E-state index contributed by atoms with van der Waals surface area (Å²) in [6.07, 6.45) is 81.0. The number of rotatable bonds is 60. The van der Waals surface area contributed by atoms with Crippen molar-refractivity contribution >= 4 is 17.9 Å². The summed E-state index contributed by atoms with van der Waals surface area (Å²) < 4.78 is 16.9. The molecule has 0 N–H and O–H groups in total. The van der Waals surface area contributed by atoms with Gasteiger partial charge in [0.25, 0.3) is 0 Å². The summed E-state index contributed by atoms with van der Waals surface area (Å²) in [5, 5.41) is 0. The third-order valence-electron chi connectivity index (χ3n) is 14.5. The van der Waals surface area contributed by atoms with Crippen LogP contribution in [-0.4, -0.2) is 37.2 Å². The third kappa shape index (κ3) is 61.8. The zero-order valence-electron chi connectivity index (χ0n) is 50.1. The first-order valence-electron chi connectivity index (χ1n) is 32.8.